The standard InChI is InChI=1S/C12H14N2.C6H4.C4H4O4/c1-3-11-10(6-4-8-13-11)12-7-5-9-14(12)2;1-2-5-4-6(5)3-1;5-3(6)1-2-4(7)8/h1,4,6,8,12H,5,7,9H2,2H3;1-4H;1-2H,(H,5,6)(H,7,8). The number of fused-ring (bicyclic) bond motifs is 1. The van der Waals surface area contributed by atoms with Gasteiger partial charge in [0.25, 0.3) is 0 Å². The Kier molecular flexibility index (Phi) is 7.49. The molecule has 2 aliphatic carbocycles. The van der Waals surface area contributed by atoms with Crippen molar-refractivity contribution >= 4 is 11.9 Å². The fraction of sp³-hybridized carbons (Fsp3) is 0.227. The van der Waals surface area contributed by atoms with Gasteiger partial charge in [0, 0.05) is 30.0 Å². The van der Waals surface area contributed by atoms with Crippen LogP contribution in [0.4, 0.5) is 0 Å². The maximum Gasteiger partial charge on any atom is 0.328 e. The molecule has 0 saturated carbocycles. The van der Waals surface area contributed by atoms with E-state index in [1.54, 1.807) is 6.20 Å². The maximum absolute atomic E-state index is 9.55. The largest absolute Gasteiger partial charge is 0.478 e. The summed E-state index contributed by atoms with van der Waals surface area (Å²) in [5.41, 5.74) is 4.85. The predicted molar refractivity (Wildman–Crippen MR) is 107 cm³/mol. The molecule has 0 aromatic carbocycles. The molecule has 1 aliphatic heterocycles. The van der Waals surface area contributed by atoms with E-state index in [2.05, 4.69) is 53.2 Å². The van der Waals surface area contributed by atoms with Crippen molar-refractivity contribution in [3.63, 3.8) is 0 Å². The van der Waals surface area contributed by atoms with Crippen molar-refractivity contribution in [2.45, 2.75) is 18.9 Å². The van der Waals surface area contributed by atoms with Gasteiger partial charge < -0.3 is 10.2 Å². The number of pyridine rings is 1. The number of aromatic nitrogens is 1. The zero-order valence-corrected chi connectivity index (χ0v) is 15.6. The van der Waals surface area contributed by atoms with E-state index >= 15 is 0 Å². The molecule has 1 fully saturated rings. The molecule has 0 amide bonds. The second kappa shape index (κ2) is 10.0. The van der Waals surface area contributed by atoms with Crippen LogP contribution in [0.5, 0.6) is 0 Å². The molecule has 0 spiro atoms. The molecule has 0 bridgehead atoms. The first-order chi connectivity index (χ1) is 13.4. The number of benzene rings is 1. The third-order valence-electron chi connectivity index (χ3n) is 4.34. The van der Waals surface area contributed by atoms with E-state index in [9.17, 15) is 9.59 Å². The molecule has 3 aliphatic rings. The quantitative estimate of drug-likeness (QED) is 0.537. The average molecular weight is 378 g/mol. The van der Waals surface area contributed by atoms with E-state index in [1.165, 1.54) is 29.5 Å². The Bertz CT molecular complexity index is 881. The van der Waals surface area contributed by atoms with Gasteiger partial charge in [-0.05, 0) is 55.6 Å². The van der Waals surface area contributed by atoms with E-state index in [0.717, 1.165) is 12.2 Å². The third-order valence-corrected chi connectivity index (χ3v) is 4.34. The summed E-state index contributed by atoms with van der Waals surface area (Å²) < 4.78 is 0. The van der Waals surface area contributed by atoms with Crippen molar-refractivity contribution in [2.24, 2.45) is 0 Å². The Labute approximate surface area is 164 Å². The molecule has 1 unspecified atom stereocenters. The van der Waals surface area contributed by atoms with Crippen molar-refractivity contribution < 1.29 is 19.8 Å². The van der Waals surface area contributed by atoms with Gasteiger partial charge in [0.1, 0.15) is 5.69 Å². The second-order valence-electron chi connectivity index (χ2n) is 6.31. The number of carboxylic acid groups (broad SMARTS) is 2. The lowest BCUT2D eigenvalue weighted by Crippen LogP contribution is -2.18. The average Bonchev–Trinajstić information content (AvgIpc) is 3.06. The third kappa shape index (κ3) is 6.38. The molecule has 1 atom stereocenters. The zero-order chi connectivity index (χ0) is 20.5. The highest BCUT2D eigenvalue weighted by Gasteiger charge is 2.24. The highest BCUT2D eigenvalue weighted by molar-refractivity contribution is 5.89. The first-order valence-electron chi connectivity index (χ1n) is 8.78. The molecule has 0 radical (unpaired) electrons. The first-order valence-corrected chi connectivity index (χ1v) is 8.78. The molecule has 6 heteroatoms. The van der Waals surface area contributed by atoms with Crippen LogP contribution in [0.2, 0.25) is 0 Å². The number of nitrogens with zero attached hydrogens (tertiary/aromatic N) is 2. The Morgan fingerprint density at radius 3 is 2.21 bits per heavy atom. The van der Waals surface area contributed by atoms with Gasteiger partial charge >= 0.3 is 11.9 Å². The maximum atomic E-state index is 9.55. The molecule has 4 rings (SSSR count). The van der Waals surface area contributed by atoms with Crippen LogP contribution >= 0.6 is 0 Å². The van der Waals surface area contributed by atoms with Crippen molar-refractivity contribution in [3.05, 3.63) is 66.0 Å². The highest BCUT2D eigenvalue weighted by atomic mass is 16.4. The van der Waals surface area contributed by atoms with Crippen molar-refractivity contribution in [2.75, 3.05) is 13.6 Å². The van der Waals surface area contributed by atoms with Crippen LogP contribution in [-0.4, -0.2) is 45.6 Å². The summed E-state index contributed by atoms with van der Waals surface area (Å²) in [4.78, 5) is 25.7. The molecule has 2 N–H and O–H groups in total. The van der Waals surface area contributed by atoms with Gasteiger partial charge in [0.15, 0.2) is 0 Å². The molecule has 1 aromatic rings. The monoisotopic (exact) mass is 378 g/mol. The predicted octanol–water partition coefficient (Wildman–Crippen LogP) is 3.21. The van der Waals surface area contributed by atoms with Gasteiger partial charge in [-0.2, -0.15) is 0 Å². The van der Waals surface area contributed by atoms with Gasteiger partial charge in [0.05, 0.1) is 0 Å². The summed E-state index contributed by atoms with van der Waals surface area (Å²) in [5.74, 6) is 0.141. The molecular weight excluding hydrogens is 356 g/mol. The van der Waals surface area contributed by atoms with E-state index in [-0.39, 0.29) is 0 Å². The molecular formula is C22H22N2O4. The summed E-state index contributed by atoms with van der Waals surface area (Å²) in [7, 11) is 2.14. The van der Waals surface area contributed by atoms with Gasteiger partial charge in [-0.3, -0.25) is 4.90 Å². The summed E-state index contributed by atoms with van der Waals surface area (Å²) in [6.45, 7) is 1.16. The molecule has 28 heavy (non-hydrogen) atoms. The Morgan fingerprint density at radius 2 is 1.82 bits per heavy atom. The minimum Gasteiger partial charge on any atom is -0.478 e. The smallest absolute Gasteiger partial charge is 0.328 e. The Hall–Kier alpha value is -3.43. The molecule has 1 aromatic heterocycles. The van der Waals surface area contributed by atoms with Crippen LogP contribution in [0.1, 0.15) is 30.1 Å². The van der Waals surface area contributed by atoms with Gasteiger partial charge in [-0.15, -0.1) is 6.42 Å². The zero-order valence-electron chi connectivity index (χ0n) is 15.6. The van der Waals surface area contributed by atoms with Crippen molar-refractivity contribution in [1.29, 1.82) is 0 Å². The lowest BCUT2D eigenvalue weighted by molar-refractivity contribution is -0.134. The molecule has 1 saturated heterocycles. The number of likely N-dealkylation sites (tertiary alicyclic amines) is 1. The van der Waals surface area contributed by atoms with E-state index in [4.69, 9.17) is 16.6 Å². The number of hydrogen-bond acceptors (Lipinski definition) is 4. The van der Waals surface area contributed by atoms with Crippen LogP contribution in [0.25, 0.3) is 11.1 Å². The number of hydrogen-bond donors (Lipinski definition) is 2. The van der Waals surface area contributed by atoms with Crippen LogP contribution in [0.3, 0.4) is 0 Å². The summed E-state index contributed by atoms with van der Waals surface area (Å²) in [6, 6.07) is 13.0. The minimum absolute atomic E-state index is 0.467. The van der Waals surface area contributed by atoms with Crippen LogP contribution in [-0.2, 0) is 9.59 Å². The first kappa shape index (κ1) is 20.9. The number of terminal acetylenes is 1. The van der Waals surface area contributed by atoms with Crippen LogP contribution < -0.4 is 0 Å². The molecule has 144 valence electrons. The summed E-state index contributed by atoms with van der Waals surface area (Å²) >= 11 is 0. The van der Waals surface area contributed by atoms with Gasteiger partial charge in [0.2, 0.25) is 0 Å². The summed E-state index contributed by atoms with van der Waals surface area (Å²) in [6.07, 6.45) is 10.7. The lowest BCUT2D eigenvalue weighted by atomic mass is 10.0. The number of carboxylic acids is 2. The van der Waals surface area contributed by atoms with Crippen molar-refractivity contribution in [1.82, 2.24) is 9.88 Å². The second-order valence-corrected chi connectivity index (χ2v) is 6.31. The van der Waals surface area contributed by atoms with Gasteiger partial charge in [-0.25, -0.2) is 14.6 Å². The number of aliphatic carboxylic acids is 2. The Morgan fingerprint density at radius 1 is 1.18 bits per heavy atom. The van der Waals surface area contributed by atoms with Crippen LogP contribution in [0, 0.1) is 12.3 Å². The molecule has 6 nitrogen and oxygen atoms in total. The SMILES string of the molecule is C#Cc1ncccc1C1CCCN1C.O=C(O)C=CC(=O)O.c1cc2cc-2c1. The fourth-order valence-corrected chi connectivity index (χ4v) is 2.93. The summed E-state index contributed by atoms with van der Waals surface area (Å²) in [5, 5.41) is 15.6. The normalized spacial score (nSPS) is 16.2. The number of carbonyl (C=O) groups is 2. The molecule has 2 heterocycles. The minimum atomic E-state index is -1.26. The van der Waals surface area contributed by atoms with Crippen LogP contribution in [0.15, 0.2) is 54.7 Å². The lowest BCUT2D eigenvalue weighted by Gasteiger charge is -2.20. The fourth-order valence-electron chi connectivity index (χ4n) is 2.93. The number of rotatable bonds is 3. The highest BCUT2D eigenvalue weighted by Crippen LogP contribution is 2.32. The van der Waals surface area contributed by atoms with E-state index in [1.807, 2.05) is 6.07 Å². The van der Waals surface area contributed by atoms with Crippen molar-refractivity contribution in [3.8, 4) is 23.5 Å². The van der Waals surface area contributed by atoms with E-state index < -0.39 is 11.9 Å². The Balaban J connectivity index is 0.000000168. The topological polar surface area (TPSA) is 90.7 Å². The van der Waals surface area contributed by atoms with E-state index in [0.29, 0.717) is 18.2 Å². The van der Waals surface area contributed by atoms with Gasteiger partial charge in [-0.1, -0.05) is 24.3 Å².